The van der Waals surface area contributed by atoms with E-state index in [9.17, 15) is 8.42 Å². The lowest BCUT2D eigenvalue weighted by Gasteiger charge is -2.12. The number of hydrogen-bond donors (Lipinski definition) is 2. The summed E-state index contributed by atoms with van der Waals surface area (Å²) >= 11 is 4.42. The zero-order chi connectivity index (χ0) is 13.4. The Morgan fingerprint density at radius 1 is 1.28 bits per heavy atom. The fourth-order valence-corrected chi connectivity index (χ4v) is 3.28. The second kappa shape index (κ2) is 7.81. The molecule has 1 N–H and O–H groups in total. The largest absolute Gasteiger partial charge is 0.214 e. The van der Waals surface area contributed by atoms with Gasteiger partial charge in [0.15, 0.2) is 0 Å². The van der Waals surface area contributed by atoms with Crippen LogP contribution in [0.15, 0.2) is 30.3 Å². The van der Waals surface area contributed by atoms with E-state index in [0.717, 1.165) is 12.8 Å². The summed E-state index contributed by atoms with van der Waals surface area (Å²) in [5.41, 5.74) is 1.17. The van der Waals surface area contributed by atoms with E-state index < -0.39 is 10.0 Å². The quantitative estimate of drug-likeness (QED) is 0.720. The SMILES string of the molecule is CCCCS(=O)(=O)NCC(S)Cc1ccccc1. The van der Waals surface area contributed by atoms with Crippen LogP contribution in [0.3, 0.4) is 0 Å². The third-order valence-corrected chi connectivity index (χ3v) is 4.42. The number of unbranched alkanes of at least 4 members (excludes halogenated alkanes) is 1. The van der Waals surface area contributed by atoms with Crippen molar-refractivity contribution < 1.29 is 8.42 Å². The Morgan fingerprint density at radius 2 is 1.94 bits per heavy atom. The van der Waals surface area contributed by atoms with Gasteiger partial charge in [0.05, 0.1) is 5.75 Å². The van der Waals surface area contributed by atoms with Gasteiger partial charge in [-0.15, -0.1) is 0 Å². The predicted octanol–water partition coefficient (Wildman–Crippen LogP) is 2.25. The average molecular weight is 287 g/mol. The minimum Gasteiger partial charge on any atom is -0.214 e. The number of sulfonamides is 1. The van der Waals surface area contributed by atoms with Crippen LogP contribution >= 0.6 is 12.6 Å². The number of hydrogen-bond acceptors (Lipinski definition) is 3. The lowest BCUT2D eigenvalue weighted by atomic mass is 10.1. The number of rotatable bonds is 8. The molecule has 0 fully saturated rings. The molecular weight excluding hydrogens is 266 g/mol. The Labute approximate surface area is 115 Å². The Bertz CT molecular complexity index is 432. The maximum Gasteiger partial charge on any atom is 0.211 e. The van der Waals surface area contributed by atoms with Gasteiger partial charge in [-0.2, -0.15) is 12.6 Å². The fourth-order valence-electron chi connectivity index (χ4n) is 1.59. The van der Waals surface area contributed by atoms with Gasteiger partial charge < -0.3 is 0 Å². The summed E-state index contributed by atoms with van der Waals surface area (Å²) in [4.78, 5) is 0. The van der Waals surface area contributed by atoms with Crippen LogP contribution in [0.5, 0.6) is 0 Å². The first-order chi connectivity index (χ1) is 8.53. The Kier molecular flexibility index (Phi) is 6.75. The van der Waals surface area contributed by atoms with Crippen molar-refractivity contribution in [3.63, 3.8) is 0 Å². The second-order valence-electron chi connectivity index (χ2n) is 4.36. The minimum atomic E-state index is -3.13. The lowest BCUT2D eigenvalue weighted by molar-refractivity contribution is 0.576. The van der Waals surface area contributed by atoms with E-state index in [1.54, 1.807) is 0 Å². The Hall–Kier alpha value is -0.520. The monoisotopic (exact) mass is 287 g/mol. The van der Waals surface area contributed by atoms with Crippen LogP contribution in [-0.4, -0.2) is 26.0 Å². The smallest absolute Gasteiger partial charge is 0.211 e. The molecule has 0 radical (unpaired) electrons. The van der Waals surface area contributed by atoms with E-state index in [0.29, 0.717) is 13.0 Å². The van der Waals surface area contributed by atoms with Gasteiger partial charge in [0.1, 0.15) is 0 Å². The third kappa shape index (κ3) is 6.42. The molecule has 0 heterocycles. The van der Waals surface area contributed by atoms with Gasteiger partial charge in [-0.1, -0.05) is 43.7 Å². The molecule has 1 rings (SSSR count). The summed E-state index contributed by atoms with van der Waals surface area (Å²) in [5.74, 6) is 0.204. The van der Waals surface area contributed by atoms with Crippen LogP contribution in [-0.2, 0) is 16.4 Å². The van der Waals surface area contributed by atoms with Crippen molar-refractivity contribution in [2.24, 2.45) is 0 Å². The van der Waals surface area contributed by atoms with Crippen molar-refractivity contribution in [2.75, 3.05) is 12.3 Å². The molecular formula is C13H21NO2S2. The highest BCUT2D eigenvalue weighted by Gasteiger charge is 2.12. The zero-order valence-corrected chi connectivity index (χ0v) is 12.4. The molecule has 3 nitrogen and oxygen atoms in total. The molecule has 102 valence electrons. The fraction of sp³-hybridized carbons (Fsp3) is 0.538. The first-order valence-corrected chi connectivity index (χ1v) is 8.39. The van der Waals surface area contributed by atoms with Gasteiger partial charge in [-0.25, -0.2) is 13.1 Å². The van der Waals surface area contributed by atoms with Crippen LogP contribution in [0.4, 0.5) is 0 Å². The minimum absolute atomic E-state index is 0.00352. The van der Waals surface area contributed by atoms with Crippen molar-refractivity contribution in [3.8, 4) is 0 Å². The summed E-state index contributed by atoms with van der Waals surface area (Å²) in [5, 5.41) is 0.00352. The highest BCUT2D eigenvalue weighted by Crippen LogP contribution is 2.07. The van der Waals surface area contributed by atoms with E-state index in [4.69, 9.17) is 0 Å². The summed E-state index contributed by atoms with van der Waals surface area (Å²) < 4.78 is 25.8. The standard InChI is InChI=1S/C13H21NO2S2/c1-2-3-9-18(15,16)14-11-13(17)10-12-7-5-4-6-8-12/h4-8,13-14,17H,2-3,9-11H2,1H3. The molecule has 0 aliphatic heterocycles. The first-order valence-electron chi connectivity index (χ1n) is 6.23. The predicted molar refractivity (Wildman–Crippen MR) is 79.6 cm³/mol. The Balaban J connectivity index is 2.35. The van der Waals surface area contributed by atoms with Gasteiger partial charge in [0.2, 0.25) is 10.0 Å². The van der Waals surface area contributed by atoms with Crippen LogP contribution in [0.1, 0.15) is 25.3 Å². The van der Waals surface area contributed by atoms with Crippen LogP contribution in [0.2, 0.25) is 0 Å². The number of benzene rings is 1. The van der Waals surface area contributed by atoms with Gasteiger partial charge in [-0.3, -0.25) is 0 Å². The van der Waals surface area contributed by atoms with Crippen molar-refractivity contribution in [1.29, 1.82) is 0 Å². The molecule has 0 saturated heterocycles. The summed E-state index contributed by atoms with van der Waals surface area (Å²) in [6.45, 7) is 2.36. The van der Waals surface area contributed by atoms with Gasteiger partial charge in [0.25, 0.3) is 0 Å². The molecule has 0 spiro atoms. The lowest BCUT2D eigenvalue weighted by Crippen LogP contribution is -2.32. The molecule has 0 bridgehead atoms. The third-order valence-electron chi connectivity index (χ3n) is 2.62. The van der Waals surface area contributed by atoms with E-state index in [1.165, 1.54) is 5.56 Å². The molecule has 0 amide bonds. The second-order valence-corrected chi connectivity index (χ2v) is 7.02. The maximum atomic E-state index is 11.6. The summed E-state index contributed by atoms with van der Waals surface area (Å²) in [7, 11) is -3.13. The van der Waals surface area contributed by atoms with Crippen LogP contribution in [0.25, 0.3) is 0 Å². The summed E-state index contributed by atoms with van der Waals surface area (Å²) in [6, 6.07) is 9.95. The summed E-state index contributed by atoms with van der Waals surface area (Å²) in [6.07, 6.45) is 2.35. The van der Waals surface area contributed by atoms with Gasteiger partial charge in [-0.05, 0) is 18.4 Å². The van der Waals surface area contributed by atoms with Crippen molar-refractivity contribution in [1.82, 2.24) is 4.72 Å². The van der Waals surface area contributed by atoms with Crippen LogP contribution in [0, 0.1) is 0 Å². The van der Waals surface area contributed by atoms with Gasteiger partial charge >= 0.3 is 0 Å². The topological polar surface area (TPSA) is 46.2 Å². The molecule has 0 aromatic heterocycles. The van der Waals surface area contributed by atoms with E-state index in [1.807, 2.05) is 37.3 Å². The molecule has 18 heavy (non-hydrogen) atoms. The van der Waals surface area contributed by atoms with Crippen molar-refractivity contribution in [3.05, 3.63) is 35.9 Å². The average Bonchev–Trinajstić information content (AvgIpc) is 2.36. The Morgan fingerprint density at radius 3 is 2.56 bits per heavy atom. The highest BCUT2D eigenvalue weighted by atomic mass is 32.2. The van der Waals surface area contributed by atoms with E-state index >= 15 is 0 Å². The van der Waals surface area contributed by atoms with Gasteiger partial charge in [0, 0.05) is 11.8 Å². The van der Waals surface area contributed by atoms with Crippen molar-refractivity contribution in [2.45, 2.75) is 31.4 Å². The molecule has 1 aromatic rings. The molecule has 1 aromatic carbocycles. The molecule has 1 atom stereocenters. The number of thiol groups is 1. The maximum absolute atomic E-state index is 11.6. The van der Waals surface area contributed by atoms with E-state index in [2.05, 4.69) is 17.4 Å². The van der Waals surface area contributed by atoms with E-state index in [-0.39, 0.29) is 11.0 Å². The first kappa shape index (κ1) is 15.5. The highest BCUT2D eigenvalue weighted by molar-refractivity contribution is 7.89. The normalized spacial score (nSPS) is 13.4. The molecule has 0 aliphatic rings. The zero-order valence-electron chi connectivity index (χ0n) is 10.7. The van der Waals surface area contributed by atoms with Crippen molar-refractivity contribution >= 4 is 22.7 Å². The molecule has 0 aliphatic carbocycles. The van der Waals surface area contributed by atoms with Crippen LogP contribution < -0.4 is 4.72 Å². The number of nitrogens with one attached hydrogen (secondary N) is 1. The molecule has 0 saturated carbocycles. The molecule has 1 unspecified atom stereocenters. The molecule has 5 heteroatoms.